The summed E-state index contributed by atoms with van der Waals surface area (Å²) in [5.74, 6) is 5.39. The molecule has 0 fully saturated rings. The van der Waals surface area contributed by atoms with E-state index in [-0.39, 0.29) is 0 Å². The first kappa shape index (κ1) is 14.1. The first-order chi connectivity index (χ1) is 9.40. The van der Waals surface area contributed by atoms with Gasteiger partial charge in [0.25, 0.3) is 0 Å². The van der Waals surface area contributed by atoms with Crippen LogP contribution in [-0.2, 0) is 6.18 Å². The Kier molecular flexibility index (Phi) is 3.77. The fraction of sp³-hybridized carbons (Fsp3) is 0.0769. The molecule has 0 saturated carbocycles. The molecule has 0 saturated heterocycles. The number of nitrogens with two attached hydrogens (primary N) is 1. The third-order valence-electron chi connectivity index (χ3n) is 2.28. The minimum Gasteiger partial charge on any atom is -0.397 e. The number of alkyl halides is 3. The van der Waals surface area contributed by atoms with Gasteiger partial charge in [0.05, 0.1) is 15.4 Å². The number of hydrogen-bond acceptors (Lipinski definition) is 4. The molecule has 2 N–H and O–H groups in total. The molecule has 0 bridgehead atoms. The largest absolute Gasteiger partial charge is 0.433 e. The van der Waals surface area contributed by atoms with E-state index in [2.05, 4.69) is 16.8 Å². The third-order valence-corrected chi connectivity index (χ3v) is 3.27. The zero-order valence-electron chi connectivity index (χ0n) is 9.86. The molecule has 0 atom stereocenters. The average Bonchev–Trinajstić information content (AvgIpc) is 2.76. The zero-order chi connectivity index (χ0) is 14.8. The van der Waals surface area contributed by atoms with Crippen LogP contribution in [0.25, 0.3) is 0 Å². The standard InChI is InChI=1S/C13H7F3N2OS/c14-13(15,16)12-4-2-8(6-18-12)1-3-9-5-10(17)11(7-19)20-9/h2,4-7H,17H2. The molecule has 0 aliphatic carbocycles. The highest BCUT2D eigenvalue weighted by Crippen LogP contribution is 2.27. The van der Waals surface area contributed by atoms with Gasteiger partial charge in [0.2, 0.25) is 0 Å². The van der Waals surface area contributed by atoms with E-state index in [1.807, 2.05) is 0 Å². The lowest BCUT2D eigenvalue weighted by atomic mass is 10.2. The summed E-state index contributed by atoms with van der Waals surface area (Å²) in [6.45, 7) is 0. The molecule has 0 aliphatic heterocycles. The summed E-state index contributed by atoms with van der Waals surface area (Å²) in [6.07, 6.45) is -2.79. The first-order valence-corrected chi connectivity index (χ1v) is 6.11. The predicted molar refractivity (Wildman–Crippen MR) is 69.3 cm³/mol. The summed E-state index contributed by atoms with van der Waals surface area (Å²) in [5.41, 5.74) is 5.27. The Labute approximate surface area is 116 Å². The number of halogens is 3. The number of aromatic nitrogens is 1. The van der Waals surface area contributed by atoms with Crippen molar-refractivity contribution in [3.8, 4) is 11.8 Å². The van der Waals surface area contributed by atoms with Gasteiger partial charge in [-0.1, -0.05) is 11.8 Å². The molecular formula is C13H7F3N2OS. The van der Waals surface area contributed by atoms with Gasteiger partial charge in [0.15, 0.2) is 6.29 Å². The molecule has 102 valence electrons. The number of rotatable bonds is 1. The Balaban J connectivity index is 2.22. The topological polar surface area (TPSA) is 56.0 Å². The van der Waals surface area contributed by atoms with E-state index >= 15 is 0 Å². The molecule has 0 unspecified atom stereocenters. The summed E-state index contributed by atoms with van der Waals surface area (Å²) in [7, 11) is 0. The fourth-order valence-corrected chi connectivity index (χ4v) is 2.09. The molecule has 20 heavy (non-hydrogen) atoms. The number of pyridine rings is 1. The number of aldehydes is 1. The van der Waals surface area contributed by atoms with E-state index in [4.69, 9.17) is 5.73 Å². The third kappa shape index (κ3) is 3.16. The van der Waals surface area contributed by atoms with Gasteiger partial charge in [-0.15, -0.1) is 11.3 Å². The summed E-state index contributed by atoms with van der Waals surface area (Å²) in [5, 5.41) is 0. The van der Waals surface area contributed by atoms with Crippen molar-refractivity contribution in [2.45, 2.75) is 6.18 Å². The number of carbonyl (C=O) groups excluding carboxylic acids is 1. The second-order valence-corrected chi connectivity index (χ2v) is 4.81. The molecule has 0 aliphatic rings. The lowest BCUT2D eigenvalue weighted by Gasteiger charge is -2.03. The zero-order valence-corrected chi connectivity index (χ0v) is 10.7. The van der Waals surface area contributed by atoms with Gasteiger partial charge >= 0.3 is 6.18 Å². The second-order valence-electron chi connectivity index (χ2n) is 3.73. The highest BCUT2D eigenvalue weighted by Gasteiger charge is 2.31. The van der Waals surface area contributed by atoms with Crippen molar-refractivity contribution in [2.24, 2.45) is 0 Å². The van der Waals surface area contributed by atoms with Crippen molar-refractivity contribution in [1.82, 2.24) is 4.98 Å². The maximum atomic E-state index is 12.3. The van der Waals surface area contributed by atoms with Gasteiger partial charge in [-0.05, 0) is 18.2 Å². The Bertz CT molecular complexity index is 693. The van der Waals surface area contributed by atoms with Gasteiger partial charge in [-0.25, -0.2) is 0 Å². The SMILES string of the molecule is Nc1cc(C#Cc2ccc(C(F)(F)F)nc2)sc1C=O. The van der Waals surface area contributed by atoms with Crippen LogP contribution in [0.5, 0.6) is 0 Å². The monoisotopic (exact) mass is 296 g/mol. The predicted octanol–water partition coefficient (Wildman–Crippen LogP) is 2.96. The van der Waals surface area contributed by atoms with Gasteiger partial charge < -0.3 is 5.73 Å². The quantitative estimate of drug-likeness (QED) is 0.650. The van der Waals surface area contributed by atoms with E-state index in [1.165, 1.54) is 6.07 Å². The number of nitrogen functional groups attached to an aromatic ring is 1. The number of thiophene rings is 1. The number of carbonyl (C=O) groups is 1. The maximum Gasteiger partial charge on any atom is 0.433 e. The first-order valence-electron chi connectivity index (χ1n) is 5.30. The van der Waals surface area contributed by atoms with Crippen LogP contribution in [0.15, 0.2) is 24.4 Å². The van der Waals surface area contributed by atoms with E-state index in [9.17, 15) is 18.0 Å². The molecule has 2 heterocycles. The Hall–Kier alpha value is -2.33. The average molecular weight is 296 g/mol. The second kappa shape index (κ2) is 5.35. The Morgan fingerprint density at radius 3 is 2.55 bits per heavy atom. The molecule has 0 radical (unpaired) electrons. The molecule has 3 nitrogen and oxygen atoms in total. The fourth-order valence-electron chi connectivity index (χ4n) is 1.34. The summed E-state index contributed by atoms with van der Waals surface area (Å²) in [4.78, 5) is 14.8. The number of nitrogens with zero attached hydrogens (tertiary/aromatic N) is 1. The molecule has 2 aromatic rings. The van der Waals surface area contributed by atoms with Crippen LogP contribution in [0.4, 0.5) is 18.9 Å². The van der Waals surface area contributed by atoms with Crippen LogP contribution in [0, 0.1) is 11.8 Å². The van der Waals surface area contributed by atoms with Gasteiger partial charge in [0.1, 0.15) is 5.69 Å². The number of anilines is 1. The molecule has 0 aromatic carbocycles. The van der Waals surface area contributed by atoms with Crippen LogP contribution in [-0.4, -0.2) is 11.3 Å². The van der Waals surface area contributed by atoms with Crippen molar-refractivity contribution in [2.75, 3.05) is 5.73 Å². The minimum absolute atomic E-state index is 0.333. The lowest BCUT2D eigenvalue weighted by molar-refractivity contribution is -0.141. The highest BCUT2D eigenvalue weighted by atomic mass is 32.1. The van der Waals surface area contributed by atoms with E-state index in [1.54, 1.807) is 6.07 Å². The van der Waals surface area contributed by atoms with Crippen LogP contribution in [0.3, 0.4) is 0 Å². The van der Waals surface area contributed by atoms with Crippen molar-refractivity contribution in [3.63, 3.8) is 0 Å². The smallest absolute Gasteiger partial charge is 0.397 e. The molecule has 2 rings (SSSR count). The van der Waals surface area contributed by atoms with E-state index in [0.717, 1.165) is 23.6 Å². The minimum atomic E-state index is -4.47. The van der Waals surface area contributed by atoms with Crippen molar-refractivity contribution in [1.29, 1.82) is 0 Å². The summed E-state index contributed by atoms with van der Waals surface area (Å²) in [6, 6.07) is 3.64. The maximum absolute atomic E-state index is 12.3. The lowest BCUT2D eigenvalue weighted by Crippen LogP contribution is -2.07. The highest BCUT2D eigenvalue weighted by molar-refractivity contribution is 7.14. The molecule has 7 heteroatoms. The van der Waals surface area contributed by atoms with E-state index in [0.29, 0.717) is 27.3 Å². The Morgan fingerprint density at radius 1 is 1.30 bits per heavy atom. The van der Waals surface area contributed by atoms with Crippen LogP contribution >= 0.6 is 11.3 Å². The van der Waals surface area contributed by atoms with Gasteiger partial charge in [0, 0.05) is 11.8 Å². The van der Waals surface area contributed by atoms with Crippen molar-refractivity contribution in [3.05, 3.63) is 45.4 Å². The van der Waals surface area contributed by atoms with Crippen LogP contribution in [0.1, 0.15) is 25.8 Å². The Morgan fingerprint density at radius 2 is 2.05 bits per heavy atom. The summed E-state index contributed by atoms with van der Waals surface area (Å²) >= 11 is 1.12. The van der Waals surface area contributed by atoms with Crippen LogP contribution < -0.4 is 5.73 Å². The molecule has 0 amide bonds. The van der Waals surface area contributed by atoms with Crippen molar-refractivity contribution >= 4 is 23.3 Å². The van der Waals surface area contributed by atoms with Crippen molar-refractivity contribution < 1.29 is 18.0 Å². The molecule has 2 aromatic heterocycles. The summed E-state index contributed by atoms with van der Waals surface area (Å²) < 4.78 is 36.9. The van der Waals surface area contributed by atoms with E-state index < -0.39 is 11.9 Å². The normalized spacial score (nSPS) is 10.8. The van der Waals surface area contributed by atoms with Gasteiger partial charge in [-0.2, -0.15) is 13.2 Å². The number of hydrogen-bond donors (Lipinski definition) is 1. The molecular weight excluding hydrogens is 289 g/mol. The molecule has 0 spiro atoms. The van der Waals surface area contributed by atoms with Crippen LogP contribution in [0.2, 0.25) is 0 Å². The van der Waals surface area contributed by atoms with Gasteiger partial charge in [-0.3, -0.25) is 9.78 Å².